The maximum atomic E-state index is 13.3. The number of hydrogen-bond donors (Lipinski definition) is 3. The number of pyridine rings is 1. The Labute approximate surface area is 191 Å². The maximum Gasteiger partial charge on any atom is 0.351 e. The monoisotopic (exact) mass is 440 g/mol. The van der Waals surface area contributed by atoms with Gasteiger partial charge in [0.1, 0.15) is 0 Å². The molecule has 0 saturated heterocycles. The van der Waals surface area contributed by atoms with E-state index in [-0.39, 0.29) is 17.9 Å². The molecule has 0 aromatic carbocycles. The van der Waals surface area contributed by atoms with Crippen LogP contribution in [0.15, 0.2) is 24.5 Å². The number of nitrogens with zero attached hydrogens (tertiary/aromatic N) is 2. The fourth-order valence-corrected chi connectivity index (χ4v) is 6.02. The highest BCUT2D eigenvalue weighted by Gasteiger charge is 2.52. The first-order valence-electron chi connectivity index (χ1n) is 12.4. The molecule has 1 aromatic heterocycles. The van der Waals surface area contributed by atoms with Crippen molar-refractivity contribution < 1.29 is 14.6 Å². The van der Waals surface area contributed by atoms with Crippen molar-refractivity contribution in [2.45, 2.75) is 88.6 Å². The lowest BCUT2D eigenvalue weighted by atomic mass is 9.74. The van der Waals surface area contributed by atoms with Gasteiger partial charge in [0.15, 0.2) is 5.54 Å². The molecule has 2 heterocycles. The fraction of sp³-hybridized carbons (Fsp3) is 0.680. The Morgan fingerprint density at radius 2 is 1.88 bits per heavy atom. The van der Waals surface area contributed by atoms with E-state index in [9.17, 15) is 9.59 Å². The van der Waals surface area contributed by atoms with Crippen molar-refractivity contribution in [3.8, 4) is 0 Å². The third-order valence-electron chi connectivity index (χ3n) is 7.84. The van der Waals surface area contributed by atoms with Crippen LogP contribution < -0.4 is 16.0 Å². The summed E-state index contributed by atoms with van der Waals surface area (Å²) >= 11 is 0. The lowest BCUT2D eigenvalue weighted by molar-refractivity contribution is -0.535. The van der Waals surface area contributed by atoms with Crippen molar-refractivity contribution in [3.63, 3.8) is 0 Å². The topological polar surface area (TPSA) is 102 Å². The number of likely N-dealkylation sites (N-methyl/N-ethyl adjacent to an activating group) is 1. The van der Waals surface area contributed by atoms with E-state index in [0.29, 0.717) is 17.4 Å². The summed E-state index contributed by atoms with van der Waals surface area (Å²) in [7, 11) is 1.77. The average molecular weight is 441 g/mol. The van der Waals surface area contributed by atoms with Gasteiger partial charge in [-0.1, -0.05) is 44.9 Å². The van der Waals surface area contributed by atoms with E-state index in [0.717, 1.165) is 50.9 Å². The first-order chi connectivity index (χ1) is 15.5. The number of carbonyl (C=O) groups is 2. The van der Waals surface area contributed by atoms with Crippen molar-refractivity contribution >= 4 is 17.8 Å². The molecule has 2 fully saturated rings. The molecule has 7 nitrogen and oxygen atoms in total. The molecule has 32 heavy (non-hydrogen) atoms. The lowest BCUT2D eigenvalue weighted by Crippen LogP contribution is -2.87. The molecular weight excluding hydrogens is 402 g/mol. The molecule has 1 aromatic rings. The summed E-state index contributed by atoms with van der Waals surface area (Å²) in [5.74, 6) is 1.64. The van der Waals surface area contributed by atoms with E-state index < -0.39 is 5.54 Å². The zero-order valence-corrected chi connectivity index (χ0v) is 19.3. The van der Waals surface area contributed by atoms with Gasteiger partial charge in [-0.05, 0) is 56.1 Å². The summed E-state index contributed by atoms with van der Waals surface area (Å²) in [4.78, 5) is 34.9. The van der Waals surface area contributed by atoms with Crippen LogP contribution in [0, 0.1) is 11.8 Å². The summed E-state index contributed by atoms with van der Waals surface area (Å²) in [6, 6.07) is 3.62. The lowest BCUT2D eigenvalue weighted by Gasteiger charge is -2.34. The molecule has 2 amide bonds. The van der Waals surface area contributed by atoms with Crippen molar-refractivity contribution in [2.24, 2.45) is 17.6 Å². The third-order valence-corrected chi connectivity index (χ3v) is 7.84. The number of carbonyl (C=O) groups excluding carboxylic acids is 2. The Bertz CT molecular complexity index is 836. The van der Waals surface area contributed by atoms with E-state index >= 15 is 0 Å². The van der Waals surface area contributed by atoms with Crippen LogP contribution in [0.2, 0.25) is 0 Å². The van der Waals surface area contributed by atoms with Crippen LogP contribution in [0.25, 0.3) is 0 Å². The smallest absolute Gasteiger partial charge is 0.349 e. The second kappa shape index (κ2) is 10.0. The van der Waals surface area contributed by atoms with Gasteiger partial charge in [-0.15, -0.1) is 0 Å². The number of guanidine groups is 1. The second-order valence-corrected chi connectivity index (χ2v) is 10.1. The van der Waals surface area contributed by atoms with Crippen molar-refractivity contribution in [3.05, 3.63) is 30.1 Å². The average Bonchev–Trinajstić information content (AvgIpc) is 3.03. The van der Waals surface area contributed by atoms with Crippen LogP contribution >= 0.6 is 0 Å². The molecule has 0 radical (unpaired) electrons. The van der Waals surface area contributed by atoms with E-state index in [1.54, 1.807) is 36.5 Å². The Morgan fingerprint density at radius 1 is 1.16 bits per heavy atom. The molecular formula is C25H38N5O2+. The zero-order valence-electron chi connectivity index (χ0n) is 19.3. The van der Waals surface area contributed by atoms with Crippen molar-refractivity contribution in [2.75, 3.05) is 7.05 Å². The summed E-state index contributed by atoms with van der Waals surface area (Å²) in [5.41, 5.74) is 6.21. The second-order valence-electron chi connectivity index (χ2n) is 10.1. The van der Waals surface area contributed by atoms with Gasteiger partial charge < -0.3 is 5.32 Å². The maximum absolute atomic E-state index is 13.3. The molecule has 3 aliphatic rings. The first kappa shape index (κ1) is 22.7. The molecule has 7 heteroatoms. The molecule has 3 atom stereocenters. The van der Waals surface area contributed by atoms with E-state index in [1.165, 1.54) is 32.1 Å². The summed E-state index contributed by atoms with van der Waals surface area (Å²) < 4.78 is 0. The van der Waals surface area contributed by atoms with Gasteiger partial charge in [0.25, 0.3) is 5.91 Å². The first-order valence-corrected chi connectivity index (χ1v) is 12.4. The van der Waals surface area contributed by atoms with Crippen molar-refractivity contribution in [1.82, 2.24) is 15.2 Å². The molecule has 2 aliphatic carbocycles. The van der Waals surface area contributed by atoms with Crippen LogP contribution in [0.4, 0.5) is 0 Å². The van der Waals surface area contributed by atoms with Gasteiger partial charge in [-0.25, -0.2) is 4.90 Å². The SMILES string of the molecule is CN1C(=O)[C@@](CCC2CCCCC2)(C[C@H]2CCC[C@@H](NC(=O)c3ccncc3)C2)[NH+]=C1N. The standard InChI is InChI=1S/C25H37N5O2/c1-30-23(32)25(29-24(30)26,13-10-18-6-3-2-4-7-18)17-19-8-5-9-21(16-19)28-22(31)20-11-14-27-15-12-20/h11-12,14-15,18-19,21H,2-10,13,16-17H2,1H3,(H2,26,29)(H,28,31)/p+1/t19-,21+,25+/m0/s1. The third kappa shape index (κ3) is 5.13. The highest BCUT2D eigenvalue weighted by atomic mass is 16.2. The fourth-order valence-electron chi connectivity index (χ4n) is 6.02. The summed E-state index contributed by atoms with van der Waals surface area (Å²) in [6.45, 7) is 0. The highest BCUT2D eigenvalue weighted by Crippen LogP contribution is 2.35. The Balaban J connectivity index is 1.41. The van der Waals surface area contributed by atoms with Gasteiger partial charge in [0.2, 0.25) is 0 Å². The minimum Gasteiger partial charge on any atom is -0.349 e. The molecule has 4 rings (SSSR count). The quantitative estimate of drug-likeness (QED) is 0.601. The molecule has 0 bridgehead atoms. The van der Waals surface area contributed by atoms with Crippen LogP contribution in [0.5, 0.6) is 0 Å². The highest BCUT2D eigenvalue weighted by molar-refractivity contribution is 6.01. The van der Waals surface area contributed by atoms with Crippen molar-refractivity contribution in [1.29, 1.82) is 0 Å². The normalized spacial score (nSPS) is 29.1. The Kier molecular flexibility index (Phi) is 7.11. The molecule has 2 saturated carbocycles. The Morgan fingerprint density at radius 3 is 2.56 bits per heavy atom. The molecule has 174 valence electrons. The van der Waals surface area contributed by atoms with Crippen LogP contribution in [-0.2, 0) is 4.79 Å². The summed E-state index contributed by atoms with van der Waals surface area (Å²) in [5, 5.41) is 3.20. The van der Waals surface area contributed by atoms with Gasteiger partial charge in [-0.3, -0.25) is 25.3 Å². The predicted molar refractivity (Wildman–Crippen MR) is 124 cm³/mol. The van der Waals surface area contributed by atoms with E-state index in [1.807, 2.05) is 0 Å². The minimum atomic E-state index is -0.599. The van der Waals surface area contributed by atoms with Gasteiger partial charge in [0.05, 0.1) is 7.05 Å². The molecule has 1 aliphatic heterocycles. The zero-order chi connectivity index (χ0) is 22.6. The van der Waals surface area contributed by atoms with Crippen LogP contribution in [0.1, 0.15) is 87.4 Å². The number of aromatic nitrogens is 1. The number of nitrogens with two attached hydrogens (primary N) is 1. The number of nitrogens with one attached hydrogen (secondary N) is 2. The van der Waals surface area contributed by atoms with Gasteiger partial charge in [0, 0.05) is 24.0 Å². The number of amides is 2. The van der Waals surface area contributed by atoms with Crippen LogP contribution in [0.3, 0.4) is 0 Å². The van der Waals surface area contributed by atoms with E-state index in [2.05, 4.69) is 15.3 Å². The largest absolute Gasteiger partial charge is 0.351 e. The summed E-state index contributed by atoms with van der Waals surface area (Å²) in [6.07, 6.45) is 16.6. The molecule has 4 N–H and O–H groups in total. The van der Waals surface area contributed by atoms with Gasteiger partial charge >= 0.3 is 11.9 Å². The van der Waals surface area contributed by atoms with Crippen LogP contribution in [-0.4, -0.2) is 46.3 Å². The molecule has 0 unspecified atom stereocenters. The van der Waals surface area contributed by atoms with E-state index in [4.69, 9.17) is 5.73 Å². The minimum absolute atomic E-state index is 0.0440. The van der Waals surface area contributed by atoms with Gasteiger partial charge in [-0.2, -0.15) is 0 Å². The number of rotatable bonds is 7. The number of hydrogen-bond acceptors (Lipinski definition) is 4. The Hall–Kier alpha value is -2.44. The predicted octanol–water partition coefficient (Wildman–Crippen LogP) is 1.73. The molecule has 0 spiro atoms.